The van der Waals surface area contributed by atoms with E-state index in [4.69, 9.17) is 0 Å². The minimum atomic E-state index is -0.721. The van der Waals surface area contributed by atoms with E-state index >= 15 is 0 Å². The van der Waals surface area contributed by atoms with Crippen LogP contribution in [0.25, 0.3) is 0 Å². The molecule has 2 unspecified atom stereocenters. The van der Waals surface area contributed by atoms with Crippen LogP contribution in [0.15, 0.2) is 0 Å². The van der Waals surface area contributed by atoms with E-state index in [-0.39, 0.29) is 17.4 Å². The van der Waals surface area contributed by atoms with Crippen molar-refractivity contribution in [3.63, 3.8) is 0 Å². The molecule has 14 heavy (non-hydrogen) atoms. The summed E-state index contributed by atoms with van der Waals surface area (Å²) in [7, 11) is 0. The first-order chi connectivity index (χ1) is 6.23. The summed E-state index contributed by atoms with van der Waals surface area (Å²) in [5.74, 6) is 0.0182. The molecular formula is C11H21NO2. The van der Waals surface area contributed by atoms with Crippen molar-refractivity contribution in [2.45, 2.75) is 58.6 Å². The van der Waals surface area contributed by atoms with Gasteiger partial charge in [-0.05, 0) is 26.2 Å². The van der Waals surface area contributed by atoms with Gasteiger partial charge in [-0.15, -0.1) is 0 Å². The summed E-state index contributed by atoms with van der Waals surface area (Å²) in [6, 6.07) is -0.0748. The average Bonchev–Trinajstić information content (AvgIpc) is 2.29. The smallest absolute Gasteiger partial charge is 0.225 e. The lowest BCUT2D eigenvalue weighted by molar-refractivity contribution is -0.130. The molecule has 3 nitrogen and oxygen atoms in total. The van der Waals surface area contributed by atoms with Crippen molar-refractivity contribution in [1.82, 2.24) is 5.32 Å². The Morgan fingerprint density at radius 3 is 2.43 bits per heavy atom. The van der Waals surface area contributed by atoms with Gasteiger partial charge in [0.05, 0.1) is 11.6 Å². The Morgan fingerprint density at radius 1 is 1.50 bits per heavy atom. The number of aliphatic hydroxyl groups is 1. The molecule has 1 rings (SSSR count). The highest BCUT2D eigenvalue weighted by Crippen LogP contribution is 2.30. The molecule has 0 heterocycles. The first kappa shape index (κ1) is 11.5. The Bertz CT molecular complexity index is 228. The van der Waals surface area contributed by atoms with E-state index in [1.165, 1.54) is 0 Å². The van der Waals surface area contributed by atoms with E-state index in [0.29, 0.717) is 0 Å². The molecule has 0 aromatic rings. The summed E-state index contributed by atoms with van der Waals surface area (Å²) in [5.41, 5.74) is -1.10. The van der Waals surface area contributed by atoms with Crippen molar-refractivity contribution in [2.75, 3.05) is 0 Å². The van der Waals surface area contributed by atoms with E-state index in [1.54, 1.807) is 6.92 Å². The number of hydrogen-bond acceptors (Lipinski definition) is 2. The second kappa shape index (κ2) is 3.54. The molecule has 0 aliphatic heterocycles. The van der Waals surface area contributed by atoms with Crippen LogP contribution >= 0.6 is 0 Å². The Balaban J connectivity index is 2.57. The standard InChI is InChI=1S/C11H21NO2/c1-10(2,3)9(13)12-8-6-5-7-11(8,4)14/h8,14H,5-7H2,1-4H3,(H,12,13). The van der Waals surface area contributed by atoms with E-state index in [0.717, 1.165) is 19.3 Å². The van der Waals surface area contributed by atoms with Crippen molar-refractivity contribution < 1.29 is 9.90 Å². The predicted molar refractivity (Wildman–Crippen MR) is 55.9 cm³/mol. The van der Waals surface area contributed by atoms with Crippen LogP contribution in [0, 0.1) is 5.41 Å². The number of rotatable bonds is 1. The summed E-state index contributed by atoms with van der Waals surface area (Å²) >= 11 is 0. The van der Waals surface area contributed by atoms with Crippen LogP contribution in [0.2, 0.25) is 0 Å². The van der Waals surface area contributed by atoms with Crippen molar-refractivity contribution in [3.05, 3.63) is 0 Å². The zero-order valence-electron chi connectivity index (χ0n) is 9.55. The third kappa shape index (κ3) is 2.47. The van der Waals surface area contributed by atoms with Crippen LogP contribution < -0.4 is 5.32 Å². The molecule has 0 spiro atoms. The van der Waals surface area contributed by atoms with Gasteiger partial charge in [0.2, 0.25) is 5.91 Å². The summed E-state index contributed by atoms with van der Waals surface area (Å²) < 4.78 is 0. The lowest BCUT2D eigenvalue weighted by Crippen LogP contribution is -2.50. The third-order valence-corrected chi connectivity index (χ3v) is 2.91. The lowest BCUT2D eigenvalue weighted by atomic mass is 9.93. The topological polar surface area (TPSA) is 49.3 Å². The van der Waals surface area contributed by atoms with Crippen LogP contribution in [0.3, 0.4) is 0 Å². The predicted octanol–water partition coefficient (Wildman–Crippen LogP) is 1.45. The summed E-state index contributed by atoms with van der Waals surface area (Å²) in [5, 5.41) is 12.9. The van der Waals surface area contributed by atoms with Crippen molar-refractivity contribution in [1.29, 1.82) is 0 Å². The fourth-order valence-corrected chi connectivity index (χ4v) is 1.75. The molecule has 2 atom stereocenters. The first-order valence-electron chi connectivity index (χ1n) is 5.27. The first-order valence-corrected chi connectivity index (χ1v) is 5.27. The van der Waals surface area contributed by atoms with E-state index in [2.05, 4.69) is 5.32 Å². The molecule has 0 aromatic carbocycles. The third-order valence-electron chi connectivity index (χ3n) is 2.91. The van der Waals surface area contributed by atoms with Gasteiger partial charge in [-0.2, -0.15) is 0 Å². The summed E-state index contributed by atoms with van der Waals surface area (Å²) in [6.45, 7) is 7.44. The molecule has 1 saturated carbocycles. The average molecular weight is 199 g/mol. The molecular weight excluding hydrogens is 178 g/mol. The van der Waals surface area contributed by atoms with Crippen LogP contribution in [0.1, 0.15) is 47.0 Å². The Kier molecular flexibility index (Phi) is 2.91. The van der Waals surface area contributed by atoms with Gasteiger partial charge >= 0.3 is 0 Å². The Labute approximate surface area is 85.9 Å². The van der Waals surface area contributed by atoms with Crippen LogP contribution in [-0.4, -0.2) is 22.7 Å². The SMILES string of the molecule is CC(C)(C)C(=O)NC1CCCC1(C)O. The largest absolute Gasteiger partial charge is 0.388 e. The van der Waals surface area contributed by atoms with Gasteiger partial charge in [0.25, 0.3) is 0 Å². The second-order valence-corrected chi connectivity index (χ2v) is 5.53. The highest BCUT2D eigenvalue weighted by molar-refractivity contribution is 5.81. The second-order valence-electron chi connectivity index (χ2n) is 5.53. The van der Waals surface area contributed by atoms with Crippen LogP contribution in [0.4, 0.5) is 0 Å². The zero-order valence-corrected chi connectivity index (χ0v) is 9.55. The van der Waals surface area contributed by atoms with E-state index < -0.39 is 5.60 Å². The number of hydrogen-bond donors (Lipinski definition) is 2. The fraction of sp³-hybridized carbons (Fsp3) is 0.909. The maximum atomic E-state index is 11.7. The van der Waals surface area contributed by atoms with Gasteiger partial charge in [0.15, 0.2) is 0 Å². The Hall–Kier alpha value is -0.570. The number of amides is 1. The summed E-state index contributed by atoms with van der Waals surface area (Å²) in [4.78, 5) is 11.7. The normalized spacial score (nSPS) is 33.1. The quantitative estimate of drug-likeness (QED) is 0.671. The summed E-state index contributed by atoms with van der Waals surface area (Å²) in [6.07, 6.45) is 2.65. The van der Waals surface area contributed by atoms with Crippen LogP contribution in [0.5, 0.6) is 0 Å². The lowest BCUT2D eigenvalue weighted by Gasteiger charge is -2.29. The Morgan fingerprint density at radius 2 is 2.07 bits per heavy atom. The zero-order chi connectivity index (χ0) is 11.0. The van der Waals surface area contributed by atoms with Gasteiger partial charge < -0.3 is 10.4 Å². The maximum Gasteiger partial charge on any atom is 0.225 e. The van der Waals surface area contributed by atoms with E-state index in [1.807, 2.05) is 20.8 Å². The van der Waals surface area contributed by atoms with Gasteiger partial charge in [-0.3, -0.25) is 4.79 Å². The number of carbonyl (C=O) groups is 1. The van der Waals surface area contributed by atoms with Crippen molar-refractivity contribution >= 4 is 5.91 Å². The molecule has 0 radical (unpaired) electrons. The molecule has 82 valence electrons. The molecule has 0 bridgehead atoms. The minimum Gasteiger partial charge on any atom is -0.388 e. The minimum absolute atomic E-state index is 0.0182. The monoisotopic (exact) mass is 199 g/mol. The maximum absolute atomic E-state index is 11.7. The highest BCUT2D eigenvalue weighted by atomic mass is 16.3. The number of nitrogens with one attached hydrogen (secondary N) is 1. The molecule has 1 aliphatic carbocycles. The molecule has 1 aliphatic rings. The molecule has 0 aromatic heterocycles. The van der Waals surface area contributed by atoms with Crippen molar-refractivity contribution in [3.8, 4) is 0 Å². The van der Waals surface area contributed by atoms with E-state index in [9.17, 15) is 9.90 Å². The highest BCUT2D eigenvalue weighted by Gasteiger charge is 2.39. The molecule has 3 heteroatoms. The van der Waals surface area contributed by atoms with Gasteiger partial charge in [-0.1, -0.05) is 20.8 Å². The van der Waals surface area contributed by atoms with Gasteiger partial charge in [0, 0.05) is 5.41 Å². The molecule has 2 N–H and O–H groups in total. The van der Waals surface area contributed by atoms with Crippen LogP contribution in [-0.2, 0) is 4.79 Å². The molecule has 0 saturated heterocycles. The van der Waals surface area contributed by atoms with Gasteiger partial charge in [0.1, 0.15) is 0 Å². The fourth-order valence-electron chi connectivity index (χ4n) is 1.75. The molecule has 1 fully saturated rings. The van der Waals surface area contributed by atoms with Crippen molar-refractivity contribution in [2.24, 2.45) is 5.41 Å². The number of carbonyl (C=O) groups excluding carboxylic acids is 1. The molecule has 1 amide bonds. The van der Waals surface area contributed by atoms with Gasteiger partial charge in [-0.25, -0.2) is 0 Å².